The van der Waals surface area contributed by atoms with Crippen LogP contribution < -0.4 is 16.0 Å². The number of hydrogen-bond donors (Lipinski definition) is 3. The van der Waals surface area contributed by atoms with Crippen LogP contribution >= 0.6 is 0 Å². The third-order valence-corrected chi connectivity index (χ3v) is 7.56. The molecule has 6 heteroatoms. The Morgan fingerprint density at radius 3 is 1.85 bits per heavy atom. The number of urea groups is 1. The smallest absolute Gasteiger partial charge is 0.319 e. The fraction of sp³-hybridized carbons (Fsp3) is 0.481. The summed E-state index contributed by atoms with van der Waals surface area (Å²) in [5.74, 6) is 0.799. The Kier molecular flexibility index (Phi) is 6.63. The number of carbonyl (C=O) groups excluding carboxylic acids is 2. The molecule has 0 unspecified atom stereocenters. The average molecular weight is 447 g/mol. The molecular weight excluding hydrogens is 412 g/mol. The number of benzene rings is 2. The largest absolute Gasteiger partial charge is 0.335 e. The van der Waals surface area contributed by atoms with Crippen molar-refractivity contribution in [1.29, 1.82) is 0 Å². The highest BCUT2D eigenvalue weighted by atomic mass is 16.2. The Morgan fingerprint density at radius 1 is 0.727 bits per heavy atom. The first-order chi connectivity index (χ1) is 16.1. The second-order valence-electron chi connectivity index (χ2n) is 9.82. The van der Waals surface area contributed by atoms with Gasteiger partial charge < -0.3 is 20.9 Å². The minimum absolute atomic E-state index is 0.113. The summed E-state index contributed by atoms with van der Waals surface area (Å²) >= 11 is 0. The van der Waals surface area contributed by atoms with Crippen LogP contribution in [0.1, 0.15) is 44.9 Å². The van der Waals surface area contributed by atoms with E-state index in [1.807, 2.05) is 48.5 Å². The van der Waals surface area contributed by atoms with Crippen LogP contribution in [0.5, 0.6) is 0 Å². The van der Waals surface area contributed by atoms with E-state index in [0.717, 1.165) is 67.8 Å². The van der Waals surface area contributed by atoms with Gasteiger partial charge in [0, 0.05) is 24.0 Å². The van der Waals surface area contributed by atoms with Gasteiger partial charge in [-0.15, -0.1) is 0 Å². The summed E-state index contributed by atoms with van der Waals surface area (Å²) < 4.78 is 0. The summed E-state index contributed by atoms with van der Waals surface area (Å²) in [4.78, 5) is 27.5. The molecule has 3 heterocycles. The van der Waals surface area contributed by atoms with Crippen molar-refractivity contribution >= 4 is 23.3 Å². The molecule has 2 aromatic carbocycles. The number of amides is 3. The van der Waals surface area contributed by atoms with E-state index < -0.39 is 0 Å². The van der Waals surface area contributed by atoms with Gasteiger partial charge in [-0.05, 0) is 80.1 Å². The molecule has 4 fully saturated rings. The van der Waals surface area contributed by atoms with E-state index in [0.29, 0.717) is 12.0 Å². The summed E-state index contributed by atoms with van der Waals surface area (Å²) in [5, 5.41) is 9.14. The van der Waals surface area contributed by atoms with Gasteiger partial charge in [0.25, 0.3) is 0 Å². The van der Waals surface area contributed by atoms with Crippen molar-refractivity contribution in [3.8, 4) is 11.1 Å². The molecule has 1 saturated carbocycles. The van der Waals surface area contributed by atoms with Crippen LogP contribution in [0.2, 0.25) is 0 Å². The Morgan fingerprint density at radius 2 is 1.30 bits per heavy atom. The first-order valence-corrected chi connectivity index (χ1v) is 12.5. The lowest BCUT2D eigenvalue weighted by molar-refractivity contribution is -0.125. The Hall–Kier alpha value is -2.86. The molecular formula is C27H34N4O2. The number of fused-ring (bicyclic) bond motifs is 3. The molecule has 0 radical (unpaired) electrons. The molecule has 33 heavy (non-hydrogen) atoms. The molecule has 0 spiro atoms. The van der Waals surface area contributed by atoms with E-state index in [4.69, 9.17) is 0 Å². The molecule has 3 N–H and O–H groups in total. The number of nitrogens with zero attached hydrogens (tertiary/aromatic N) is 1. The van der Waals surface area contributed by atoms with Crippen LogP contribution in [0.25, 0.3) is 11.1 Å². The van der Waals surface area contributed by atoms with E-state index in [1.54, 1.807) is 0 Å². The zero-order chi connectivity index (χ0) is 22.6. The van der Waals surface area contributed by atoms with Gasteiger partial charge in [-0.3, -0.25) is 4.79 Å². The predicted octanol–water partition coefficient (Wildman–Crippen LogP) is 5.09. The lowest BCUT2D eigenvalue weighted by Gasteiger charge is -2.43. The van der Waals surface area contributed by atoms with Crippen LogP contribution in [-0.2, 0) is 4.79 Å². The monoisotopic (exact) mass is 446 g/mol. The Balaban J connectivity index is 1.14. The molecule has 1 atom stereocenters. The predicted molar refractivity (Wildman–Crippen MR) is 132 cm³/mol. The van der Waals surface area contributed by atoms with Gasteiger partial charge in [0.05, 0.1) is 5.92 Å². The maximum atomic E-state index is 12.8. The molecule has 4 aliphatic rings. The second-order valence-corrected chi connectivity index (χ2v) is 9.82. The average Bonchev–Trinajstić information content (AvgIpc) is 2.86. The van der Waals surface area contributed by atoms with Gasteiger partial charge in [-0.25, -0.2) is 4.79 Å². The summed E-state index contributed by atoms with van der Waals surface area (Å²) in [6, 6.07) is 16.1. The highest BCUT2D eigenvalue weighted by Gasteiger charge is 2.38. The van der Waals surface area contributed by atoms with E-state index in [2.05, 4.69) is 20.9 Å². The van der Waals surface area contributed by atoms with Crippen molar-refractivity contribution in [3.63, 3.8) is 0 Å². The summed E-state index contributed by atoms with van der Waals surface area (Å²) in [5.41, 5.74) is 3.78. The first-order valence-electron chi connectivity index (χ1n) is 12.5. The molecule has 1 aliphatic carbocycles. The van der Waals surface area contributed by atoms with Crippen LogP contribution in [0.15, 0.2) is 48.5 Å². The Bertz CT molecular complexity index is 959. The van der Waals surface area contributed by atoms with Gasteiger partial charge >= 0.3 is 6.03 Å². The van der Waals surface area contributed by atoms with Crippen LogP contribution in [0.4, 0.5) is 16.2 Å². The molecule has 6 nitrogen and oxygen atoms in total. The van der Waals surface area contributed by atoms with E-state index in [9.17, 15) is 9.59 Å². The Labute approximate surface area is 196 Å². The van der Waals surface area contributed by atoms with E-state index >= 15 is 0 Å². The normalized spacial score (nSPS) is 24.8. The quantitative estimate of drug-likeness (QED) is 0.599. The number of hydrogen-bond acceptors (Lipinski definition) is 3. The van der Waals surface area contributed by atoms with Crippen molar-refractivity contribution in [2.24, 2.45) is 11.8 Å². The lowest BCUT2D eigenvalue weighted by Crippen LogP contribution is -2.51. The summed E-state index contributed by atoms with van der Waals surface area (Å²) in [6.45, 7) is 3.18. The maximum Gasteiger partial charge on any atom is 0.319 e. The summed E-state index contributed by atoms with van der Waals surface area (Å²) in [7, 11) is 0. The fourth-order valence-electron chi connectivity index (χ4n) is 5.59. The lowest BCUT2D eigenvalue weighted by atomic mass is 9.78. The fourth-order valence-corrected chi connectivity index (χ4v) is 5.59. The van der Waals surface area contributed by atoms with E-state index in [1.165, 1.54) is 19.3 Å². The molecule has 3 amide bonds. The number of carbonyl (C=O) groups is 2. The van der Waals surface area contributed by atoms with Gasteiger partial charge in [-0.1, -0.05) is 43.5 Å². The molecule has 3 saturated heterocycles. The van der Waals surface area contributed by atoms with Crippen LogP contribution in [-0.4, -0.2) is 42.5 Å². The standard InChI is InChI=1S/C27H34N4O2/c32-26(25-18-31-16-14-21(25)15-17-31)28-23-10-6-19(7-11-23)20-8-12-24(13-9-20)30-27(33)29-22-4-2-1-3-5-22/h6-13,21-22,25H,1-5,14-18H2,(H,28,32)(H2,29,30,33)/t25-/m0/s1. The van der Waals surface area contributed by atoms with Gasteiger partial charge in [0.2, 0.25) is 5.91 Å². The molecule has 2 bridgehead atoms. The second kappa shape index (κ2) is 9.96. The molecule has 174 valence electrons. The van der Waals surface area contributed by atoms with Crippen LogP contribution in [0.3, 0.4) is 0 Å². The number of anilines is 2. The zero-order valence-electron chi connectivity index (χ0n) is 19.2. The molecule has 3 aliphatic heterocycles. The summed E-state index contributed by atoms with van der Waals surface area (Å²) in [6.07, 6.45) is 8.09. The van der Waals surface area contributed by atoms with Gasteiger partial charge in [-0.2, -0.15) is 0 Å². The number of nitrogens with one attached hydrogen (secondary N) is 3. The SMILES string of the molecule is O=C(Nc1ccc(-c2ccc(NC(=O)[C@H]3CN4CCC3CC4)cc2)cc1)NC1CCCCC1. The third-order valence-electron chi connectivity index (χ3n) is 7.56. The first kappa shape index (κ1) is 22.0. The topological polar surface area (TPSA) is 73.5 Å². The molecule has 6 rings (SSSR count). The number of piperidine rings is 3. The highest BCUT2D eigenvalue weighted by Crippen LogP contribution is 2.33. The third kappa shape index (κ3) is 5.38. The van der Waals surface area contributed by atoms with Gasteiger partial charge in [0.1, 0.15) is 0 Å². The van der Waals surface area contributed by atoms with Gasteiger partial charge in [0.15, 0.2) is 0 Å². The van der Waals surface area contributed by atoms with Crippen molar-refractivity contribution in [1.82, 2.24) is 10.2 Å². The minimum Gasteiger partial charge on any atom is -0.335 e. The molecule has 0 aromatic heterocycles. The zero-order valence-corrected chi connectivity index (χ0v) is 19.2. The van der Waals surface area contributed by atoms with Crippen molar-refractivity contribution in [2.75, 3.05) is 30.3 Å². The van der Waals surface area contributed by atoms with Crippen molar-refractivity contribution in [2.45, 2.75) is 51.0 Å². The highest BCUT2D eigenvalue weighted by molar-refractivity contribution is 5.93. The van der Waals surface area contributed by atoms with Crippen molar-refractivity contribution < 1.29 is 9.59 Å². The van der Waals surface area contributed by atoms with Crippen molar-refractivity contribution in [3.05, 3.63) is 48.5 Å². The van der Waals surface area contributed by atoms with Crippen LogP contribution in [0, 0.1) is 11.8 Å². The minimum atomic E-state index is -0.127. The van der Waals surface area contributed by atoms with E-state index in [-0.39, 0.29) is 17.9 Å². The molecule has 2 aromatic rings. The number of rotatable bonds is 5. The maximum absolute atomic E-state index is 12.8.